The van der Waals surface area contributed by atoms with Crippen LogP contribution >= 0.6 is 0 Å². The van der Waals surface area contributed by atoms with Crippen molar-refractivity contribution < 1.29 is 14.3 Å². The number of hydrogen-bond acceptors (Lipinski definition) is 3. The summed E-state index contributed by atoms with van der Waals surface area (Å²) in [5.74, 6) is 0.479. The molecule has 0 aromatic rings. The average Bonchev–Trinajstić information content (AvgIpc) is 2.72. The maximum absolute atomic E-state index is 12.1. The highest BCUT2D eigenvalue weighted by atomic mass is 16.6. The van der Waals surface area contributed by atoms with Gasteiger partial charge >= 0.3 is 5.97 Å². The van der Waals surface area contributed by atoms with Gasteiger partial charge in [-0.05, 0) is 33.1 Å². The standard InChI is InChI=1S/C13H20O3/c1-13(2,3)16-12(14)10-8-5-6-9(7-8)11(10)15-4/h5-6,8-11H,7H2,1-4H3. The summed E-state index contributed by atoms with van der Waals surface area (Å²) in [7, 11) is 1.68. The van der Waals surface area contributed by atoms with Gasteiger partial charge in [-0.25, -0.2) is 0 Å². The molecule has 90 valence electrons. The molecule has 0 heterocycles. The third-order valence-electron chi connectivity index (χ3n) is 3.34. The molecular weight excluding hydrogens is 204 g/mol. The minimum Gasteiger partial charge on any atom is -0.460 e. The van der Waals surface area contributed by atoms with Crippen molar-refractivity contribution >= 4 is 5.97 Å². The maximum atomic E-state index is 12.1. The van der Waals surface area contributed by atoms with Crippen LogP contribution in [0.2, 0.25) is 0 Å². The van der Waals surface area contributed by atoms with Crippen molar-refractivity contribution in [2.45, 2.75) is 38.9 Å². The van der Waals surface area contributed by atoms with Crippen molar-refractivity contribution in [3.63, 3.8) is 0 Å². The summed E-state index contributed by atoms with van der Waals surface area (Å²) < 4.78 is 10.9. The molecule has 2 aliphatic carbocycles. The van der Waals surface area contributed by atoms with E-state index in [0.717, 1.165) is 6.42 Å². The fourth-order valence-electron chi connectivity index (χ4n) is 2.78. The molecule has 2 rings (SSSR count). The summed E-state index contributed by atoms with van der Waals surface area (Å²) in [6, 6.07) is 0. The third kappa shape index (κ3) is 2.01. The van der Waals surface area contributed by atoms with Gasteiger partial charge < -0.3 is 9.47 Å². The van der Waals surface area contributed by atoms with E-state index in [2.05, 4.69) is 12.2 Å². The highest BCUT2D eigenvalue weighted by Gasteiger charge is 2.49. The molecule has 3 heteroatoms. The van der Waals surface area contributed by atoms with Crippen molar-refractivity contribution in [3.8, 4) is 0 Å². The molecule has 0 aromatic heterocycles. The Balaban J connectivity index is 2.09. The molecule has 16 heavy (non-hydrogen) atoms. The number of fused-ring (bicyclic) bond motifs is 2. The van der Waals surface area contributed by atoms with Gasteiger partial charge in [0, 0.05) is 13.0 Å². The summed E-state index contributed by atoms with van der Waals surface area (Å²) in [4.78, 5) is 12.1. The Bertz CT molecular complexity index is 314. The molecule has 0 spiro atoms. The van der Waals surface area contributed by atoms with Crippen LogP contribution in [0.25, 0.3) is 0 Å². The van der Waals surface area contributed by atoms with E-state index in [-0.39, 0.29) is 18.0 Å². The number of hydrogen-bond donors (Lipinski definition) is 0. The fraction of sp³-hybridized carbons (Fsp3) is 0.769. The minimum absolute atomic E-state index is 0.00449. The van der Waals surface area contributed by atoms with E-state index in [1.807, 2.05) is 20.8 Å². The number of carbonyl (C=O) groups is 1. The van der Waals surface area contributed by atoms with Crippen molar-refractivity contribution in [1.29, 1.82) is 0 Å². The summed E-state index contributed by atoms with van der Waals surface area (Å²) in [6.07, 6.45) is 5.33. The van der Waals surface area contributed by atoms with Gasteiger partial charge in [0.05, 0.1) is 12.0 Å². The van der Waals surface area contributed by atoms with E-state index < -0.39 is 5.60 Å². The van der Waals surface area contributed by atoms with Crippen LogP contribution in [0.1, 0.15) is 27.2 Å². The van der Waals surface area contributed by atoms with Gasteiger partial charge in [0.1, 0.15) is 5.60 Å². The lowest BCUT2D eigenvalue weighted by Gasteiger charge is -2.28. The Morgan fingerprint density at radius 2 is 1.88 bits per heavy atom. The molecule has 0 N–H and O–H groups in total. The van der Waals surface area contributed by atoms with Crippen molar-refractivity contribution in [2.75, 3.05) is 7.11 Å². The second-order valence-corrected chi connectivity index (χ2v) is 5.71. The highest BCUT2D eigenvalue weighted by molar-refractivity contribution is 5.75. The van der Waals surface area contributed by atoms with Crippen LogP contribution in [-0.2, 0) is 14.3 Å². The van der Waals surface area contributed by atoms with Crippen LogP contribution < -0.4 is 0 Å². The first-order valence-corrected chi connectivity index (χ1v) is 5.86. The lowest BCUT2D eigenvalue weighted by Crippen LogP contribution is -2.38. The first kappa shape index (κ1) is 11.6. The lowest BCUT2D eigenvalue weighted by molar-refractivity contribution is -0.165. The summed E-state index contributed by atoms with van der Waals surface area (Å²) >= 11 is 0. The first-order chi connectivity index (χ1) is 7.42. The van der Waals surface area contributed by atoms with Crippen LogP contribution in [0.15, 0.2) is 12.2 Å². The first-order valence-electron chi connectivity index (χ1n) is 5.86. The number of ether oxygens (including phenoxy) is 2. The summed E-state index contributed by atoms with van der Waals surface area (Å²) in [5.41, 5.74) is -0.416. The quantitative estimate of drug-likeness (QED) is 0.532. The zero-order chi connectivity index (χ0) is 11.9. The Morgan fingerprint density at radius 3 is 2.44 bits per heavy atom. The second kappa shape index (κ2) is 3.88. The lowest BCUT2D eigenvalue weighted by atomic mass is 9.91. The molecule has 4 atom stereocenters. The van der Waals surface area contributed by atoms with Crippen LogP contribution in [0.5, 0.6) is 0 Å². The molecule has 2 bridgehead atoms. The van der Waals surface area contributed by atoms with Gasteiger partial charge in [0.25, 0.3) is 0 Å². The van der Waals surface area contributed by atoms with Gasteiger partial charge in [0.2, 0.25) is 0 Å². The number of rotatable bonds is 2. The van der Waals surface area contributed by atoms with E-state index in [4.69, 9.17) is 9.47 Å². The van der Waals surface area contributed by atoms with E-state index in [9.17, 15) is 4.79 Å². The number of esters is 1. The number of methoxy groups -OCH3 is 1. The normalized spacial score (nSPS) is 36.8. The molecule has 1 saturated carbocycles. The van der Waals surface area contributed by atoms with Crippen molar-refractivity contribution in [1.82, 2.24) is 0 Å². The molecule has 1 fully saturated rings. The molecule has 0 amide bonds. The third-order valence-corrected chi connectivity index (χ3v) is 3.34. The predicted molar refractivity (Wildman–Crippen MR) is 60.9 cm³/mol. The minimum atomic E-state index is -0.416. The van der Waals surface area contributed by atoms with Crippen molar-refractivity contribution in [3.05, 3.63) is 12.2 Å². The van der Waals surface area contributed by atoms with Gasteiger partial charge in [0.15, 0.2) is 0 Å². The highest BCUT2D eigenvalue weighted by Crippen LogP contribution is 2.45. The summed E-state index contributed by atoms with van der Waals surface area (Å²) in [6.45, 7) is 5.70. The Morgan fingerprint density at radius 1 is 1.25 bits per heavy atom. The van der Waals surface area contributed by atoms with E-state index in [0.29, 0.717) is 11.8 Å². The molecular formula is C13H20O3. The van der Waals surface area contributed by atoms with Gasteiger partial charge in [-0.1, -0.05) is 12.2 Å². The largest absolute Gasteiger partial charge is 0.460 e. The van der Waals surface area contributed by atoms with Crippen molar-refractivity contribution in [2.24, 2.45) is 17.8 Å². The van der Waals surface area contributed by atoms with Gasteiger partial charge in [-0.2, -0.15) is 0 Å². The molecule has 0 saturated heterocycles. The number of allylic oxidation sites excluding steroid dienone is 1. The molecule has 4 unspecified atom stereocenters. The van der Waals surface area contributed by atoms with E-state index in [1.54, 1.807) is 7.11 Å². The molecule has 0 aliphatic heterocycles. The SMILES string of the molecule is COC1C2C=CC(C2)C1C(=O)OC(C)(C)C. The Hall–Kier alpha value is -0.830. The van der Waals surface area contributed by atoms with Crippen LogP contribution in [0.3, 0.4) is 0 Å². The summed E-state index contributed by atoms with van der Waals surface area (Å²) in [5, 5.41) is 0. The second-order valence-electron chi connectivity index (χ2n) is 5.71. The average molecular weight is 224 g/mol. The zero-order valence-electron chi connectivity index (χ0n) is 10.4. The van der Waals surface area contributed by atoms with E-state index >= 15 is 0 Å². The van der Waals surface area contributed by atoms with Crippen LogP contribution in [-0.4, -0.2) is 24.8 Å². The molecule has 2 aliphatic rings. The van der Waals surface area contributed by atoms with E-state index in [1.165, 1.54) is 0 Å². The van der Waals surface area contributed by atoms with Crippen LogP contribution in [0.4, 0.5) is 0 Å². The topological polar surface area (TPSA) is 35.5 Å². The fourth-order valence-corrected chi connectivity index (χ4v) is 2.78. The van der Waals surface area contributed by atoms with Gasteiger partial charge in [-0.3, -0.25) is 4.79 Å². The molecule has 0 radical (unpaired) electrons. The smallest absolute Gasteiger partial charge is 0.312 e. The predicted octanol–water partition coefficient (Wildman–Crippen LogP) is 2.17. The van der Waals surface area contributed by atoms with Gasteiger partial charge in [-0.15, -0.1) is 0 Å². The Kier molecular flexibility index (Phi) is 2.82. The molecule has 0 aromatic carbocycles. The molecule has 3 nitrogen and oxygen atoms in total. The number of carbonyl (C=O) groups excluding carboxylic acids is 1. The Labute approximate surface area is 96.8 Å². The van der Waals surface area contributed by atoms with Crippen LogP contribution in [0, 0.1) is 17.8 Å². The monoisotopic (exact) mass is 224 g/mol. The maximum Gasteiger partial charge on any atom is 0.312 e. The zero-order valence-corrected chi connectivity index (χ0v) is 10.4.